The van der Waals surface area contributed by atoms with Gasteiger partial charge in [-0.2, -0.15) is 0 Å². The van der Waals surface area contributed by atoms with E-state index in [1.165, 1.54) is 6.07 Å². The summed E-state index contributed by atoms with van der Waals surface area (Å²) < 4.78 is 15.4. The molecule has 27 heavy (non-hydrogen) atoms. The smallest absolute Gasteiger partial charge is 0.251 e. The zero-order chi connectivity index (χ0) is 18.8. The van der Waals surface area contributed by atoms with Gasteiger partial charge >= 0.3 is 0 Å². The maximum Gasteiger partial charge on any atom is 0.251 e. The van der Waals surface area contributed by atoms with Crippen molar-refractivity contribution in [3.8, 4) is 11.4 Å². The number of carbonyl (C=O) groups excluding carboxylic acids is 1. The molecule has 2 aromatic heterocycles. The second kappa shape index (κ2) is 7.17. The van der Waals surface area contributed by atoms with Crippen molar-refractivity contribution in [1.29, 1.82) is 0 Å². The topological polar surface area (TPSA) is 59.3 Å². The minimum absolute atomic E-state index is 0.111. The van der Waals surface area contributed by atoms with E-state index >= 15 is 0 Å². The number of nitrogens with zero attached hydrogens (tertiary/aromatic N) is 3. The van der Waals surface area contributed by atoms with Gasteiger partial charge in [0.1, 0.15) is 5.82 Å². The number of halogens is 2. The predicted octanol–water partition coefficient (Wildman–Crippen LogP) is 4.12. The fraction of sp³-hybridized carbons (Fsp3) is 0.0500. The van der Waals surface area contributed by atoms with E-state index in [4.69, 9.17) is 11.6 Å². The van der Waals surface area contributed by atoms with Crippen molar-refractivity contribution in [2.24, 2.45) is 0 Å². The normalized spacial score (nSPS) is 10.9. The molecule has 2 heterocycles. The van der Waals surface area contributed by atoms with Crippen LogP contribution in [-0.4, -0.2) is 20.5 Å². The first-order valence-corrected chi connectivity index (χ1v) is 8.62. The van der Waals surface area contributed by atoms with E-state index in [0.717, 1.165) is 5.56 Å². The number of hydrogen-bond acceptors (Lipinski definition) is 3. The fourth-order valence-electron chi connectivity index (χ4n) is 2.75. The quantitative estimate of drug-likeness (QED) is 0.579. The van der Waals surface area contributed by atoms with Crippen molar-refractivity contribution in [3.05, 3.63) is 88.8 Å². The first-order valence-electron chi connectivity index (χ1n) is 8.24. The number of fused-ring (bicyclic) bond motifs is 1. The third-order valence-electron chi connectivity index (χ3n) is 4.17. The van der Waals surface area contributed by atoms with Gasteiger partial charge in [0.15, 0.2) is 11.5 Å². The summed E-state index contributed by atoms with van der Waals surface area (Å²) in [6, 6.07) is 16.9. The first-order chi connectivity index (χ1) is 13.1. The minimum Gasteiger partial charge on any atom is -0.348 e. The standard InChI is InChI=1S/C20H14ClFN4O/c21-16-7-5-13(6-8-16)19-25-24-18-11-14(9-10-26(18)19)20(27)23-12-15-3-1-2-4-17(15)22/h1-11H,12H2,(H,23,27). The Morgan fingerprint density at radius 1 is 1.07 bits per heavy atom. The van der Waals surface area contributed by atoms with Gasteiger partial charge in [0, 0.05) is 34.5 Å². The largest absolute Gasteiger partial charge is 0.348 e. The van der Waals surface area contributed by atoms with Crippen molar-refractivity contribution < 1.29 is 9.18 Å². The van der Waals surface area contributed by atoms with Crippen LogP contribution in [0.15, 0.2) is 66.9 Å². The average molecular weight is 381 g/mol. The molecule has 2 aromatic carbocycles. The van der Waals surface area contributed by atoms with E-state index in [2.05, 4.69) is 15.5 Å². The summed E-state index contributed by atoms with van der Waals surface area (Å²) in [5.74, 6) is -0.00454. The second-order valence-electron chi connectivity index (χ2n) is 5.95. The van der Waals surface area contributed by atoms with E-state index in [1.54, 1.807) is 53.1 Å². The molecule has 0 bridgehead atoms. The van der Waals surface area contributed by atoms with Gasteiger partial charge in [0.2, 0.25) is 0 Å². The Morgan fingerprint density at radius 2 is 1.85 bits per heavy atom. The predicted molar refractivity (Wildman–Crippen MR) is 101 cm³/mol. The van der Waals surface area contributed by atoms with E-state index in [0.29, 0.717) is 27.6 Å². The monoisotopic (exact) mass is 380 g/mol. The Morgan fingerprint density at radius 3 is 2.63 bits per heavy atom. The molecule has 5 nitrogen and oxygen atoms in total. The van der Waals surface area contributed by atoms with Gasteiger partial charge in [0.05, 0.1) is 0 Å². The molecule has 0 fully saturated rings. The Balaban J connectivity index is 1.56. The average Bonchev–Trinajstić information content (AvgIpc) is 3.11. The highest BCUT2D eigenvalue weighted by molar-refractivity contribution is 6.30. The third kappa shape index (κ3) is 3.52. The zero-order valence-corrected chi connectivity index (χ0v) is 14.8. The highest BCUT2D eigenvalue weighted by Crippen LogP contribution is 2.21. The van der Waals surface area contributed by atoms with Crippen LogP contribution in [0.25, 0.3) is 17.0 Å². The molecule has 0 unspecified atom stereocenters. The van der Waals surface area contributed by atoms with Gasteiger partial charge in [-0.25, -0.2) is 4.39 Å². The highest BCUT2D eigenvalue weighted by atomic mass is 35.5. The molecular formula is C20H14ClFN4O. The second-order valence-corrected chi connectivity index (χ2v) is 6.38. The number of amides is 1. The zero-order valence-electron chi connectivity index (χ0n) is 14.1. The molecule has 0 aliphatic rings. The number of aromatic nitrogens is 3. The molecule has 134 valence electrons. The van der Waals surface area contributed by atoms with Gasteiger partial charge in [-0.15, -0.1) is 10.2 Å². The summed E-state index contributed by atoms with van der Waals surface area (Å²) in [6.45, 7) is 0.111. The molecule has 0 spiro atoms. The van der Waals surface area contributed by atoms with Crippen LogP contribution in [0.2, 0.25) is 5.02 Å². The number of benzene rings is 2. The Labute approximate surface area is 159 Å². The van der Waals surface area contributed by atoms with E-state index in [-0.39, 0.29) is 18.3 Å². The summed E-state index contributed by atoms with van der Waals surface area (Å²) in [5.41, 5.74) is 2.26. The third-order valence-corrected chi connectivity index (χ3v) is 4.42. The molecule has 4 rings (SSSR count). The van der Waals surface area contributed by atoms with Crippen LogP contribution in [0.1, 0.15) is 15.9 Å². The van der Waals surface area contributed by atoms with Gasteiger partial charge in [-0.05, 0) is 42.5 Å². The first kappa shape index (κ1) is 17.2. The van der Waals surface area contributed by atoms with Crippen molar-refractivity contribution >= 4 is 23.2 Å². The molecule has 0 saturated heterocycles. The maximum atomic E-state index is 13.7. The molecule has 0 aliphatic heterocycles. The molecule has 0 saturated carbocycles. The number of carbonyl (C=O) groups is 1. The van der Waals surface area contributed by atoms with Crippen LogP contribution in [0.5, 0.6) is 0 Å². The maximum absolute atomic E-state index is 13.7. The lowest BCUT2D eigenvalue weighted by Gasteiger charge is -2.07. The Kier molecular flexibility index (Phi) is 4.56. The molecular weight excluding hydrogens is 367 g/mol. The van der Waals surface area contributed by atoms with E-state index in [9.17, 15) is 9.18 Å². The van der Waals surface area contributed by atoms with Crippen molar-refractivity contribution in [2.75, 3.05) is 0 Å². The van der Waals surface area contributed by atoms with Crippen LogP contribution in [0.4, 0.5) is 4.39 Å². The summed E-state index contributed by atoms with van der Waals surface area (Å²) >= 11 is 5.92. The van der Waals surface area contributed by atoms with Gasteiger partial charge in [-0.3, -0.25) is 9.20 Å². The molecule has 1 amide bonds. The number of hydrogen-bond donors (Lipinski definition) is 1. The molecule has 7 heteroatoms. The number of rotatable bonds is 4. The lowest BCUT2D eigenvalue weighted by molar-refractivity contribution is 0.0950. The Hall–Kier alpha value is -3.25. The van der Waals surface area contributed by atoms with Crippen LogP contribution in [0.3, 0.4) is 0 Å². The molecule has 0 atom stereocenters. The van der Waals surface area contributed by atoms with Gasteiger partial charge in [0.25, 0.3) is 5.91 Å². The minimum atomic E-state index is -0.349. The van der Waals surface area contributed by atoms with E-state index in [1.807, 2.05) is 12.1 Å². The summed E-state index contributed by atoms with van der Waals surface area (Å²) in [7, 11) is 0. The lowest BCUT2D eigenvalue weighted by Crippen LogP contribution is -2.23. The van der Waals surface area contributed by atoms with Crippen LogP contribution < -0.4 is 5.32 Å². The van der Waals surface area contributed by atoms with Crippen molar-refractivity contribution in [3.63, 3.8) is 0 Å². The number of nitrogens with one attached hydrogen (secondary N) is 1. The molecule has 0 aliphatic carbocycles. The summed E-state index contributed by atoms with van der Waals surface area (Å²) in [6.07, 6.45) is 1.73. The van der Waals surface area contributed by atoms with Crippen molar-refractivity contribution in [2.45, 2.75) is 6.54 Å². The highest BCUT2D eigenvalue weighted by Gasteiger charge is 2.12. The van der Waals surface area contributed by atoms with E-state index < -0.39 is 0 Å². The number of pyridine rings is 1. The van der Waals surface area contributed by atoms with Crippen LogP contribution in [-0.2, 0) is 6.54 Å². The Bertz CT molecular complexity index is 1120. The van der Waals surface area contributed by atoms with Crippen LogP contribution >= 0.6 is 11.6 Å². The fourth-order valence-corrected chi connectivity index (χ4v) is 2.87. The molecule has 0 radical (unpaired) electrons. The van der Waals surface area contributed by atoms with Crippen LogP contribution in [0, 0.1) is 5.82 Å². The lowest BCUT2D eigenvalue weighted by atomic mass is 10.2. The van der Waals surface area contributed by atoms with Gasteiger partial charge < -0.3 is 5.32 Å². The van der Waals surface area contributed by atoms with Crippen molar-refractivity contribution in [1.82, 2.24) is 19.9 Å². The summed E-state index contributed by atoms with van der Waals surface area (Å²) in [5, 5.41) is 11.7. The van der Waals surface area contributed by atoms with Gasteiger partial charge in [-0.1, -0.05) is 29.8 Å². The molecule has 4 aromatic rings. The molecule has 1 N–H and O–H groups in total. The SMILES string of the molecule is O=C(NCc1ccccc1F)c1ccn2c(-c3ccc(Cl)cc3)nnc2c1. The summed E-state index contributed by atoms with van der Waals surface area (Å²) in [4.78, 5) is 12.4.